The monoisotopic (exact) mass is 332 g/mol. The van der Waals surface area contributed by atoms with E-state index in [0.29, 0.717) is 24.4 Å². The van der Waals surface area contributed by atoms with Crippen LogP contribution in [0.1, 0.15) is 49.4 Å². The van der Waals surface area contributed by atoms with Crippen LogP contribution >= 0.6 is 0 Å². The zero-order valence-electron chi connectivity index (χ0n) is 14.7. The van der Waals surface area contributed by atoms with E-state index in [4.69, 9.17) is 4.74 Å². The van der Waals surface area contributed by atoms with Gasteiger partial charge in [0.15, 0.2) is 0 Å². The summed E-state index contributed by atoms with van der Waals surface area (Å²) in [5.74, 6) is 0.733. The second-order valence-corrected chi connectivity index (χ2v) is 6.26. The summed E-state index contributed by atoms with van der Waals surface area (Å²) in [5, 5.41) is 3.02. The molecule has 1 saturated heterocycles. The molecule has 0 saturated carbocycles. The predicted molar refractivity (Wildman–Crippen MR) is 94.2 cm³/mol. The van der Waals surface area contributed by atoms with Crippen LogP contribution in [0, 0.1) is 5.92 Å². The molecule has 5 nitrogen and oxygen atoms in total. The van der Waals surface area contributed by atoms with Crippen LogP contribution in [-0.4, -0.2) is 43.5 Å². The van der Waals surface area contributed by atoms with Crippen molar-refractivity contribution in [1.29, 1.82) is 0 Å². The highest BCUT2D eigenvalue weighted by atomic mass is 16.5. The Morgan fingerprint density at radius 1 is 1.21 bits per heavy atom. The van der Waals surface area contributed by atoms with Crippen molar-refractivity contribution in [2.45, 2.75) is 39.0 Å². The molecule has 0 bridgehead atoms. The quantitative estimate of drug-likeness (QED) is 0.781. The second kappa shape index (κ2) is 9.30. The first kappa shape index (κ1) is 18.3. The van der Waals surface area contributed by atoms with Gasteiger partial charge in [-0.3, -0.25) is 9.59 Å². The third-order valence-electron chi connectivity index (χ3n) is 4.57. The number of methoxy groups -OCH3 is 1. The topological polar surface area (TPSA) is 58.6 Å². The lowest BCUT2D eigenvalue weighted by molar-refractivity contribution is -0.126. The summed E-state index contributed by atoms with van der Waals surface area (Å²) in [6.45, 7) is 4.14. The Morgan fingerprint density at radius 3 is 2.58 bits per heavy atom. The Kier molecular flexibility index (Phi) is 7.09. The van der Waals surface area contributed by atoms with Gasteiger partial charge < -0.3 is 15.0 Å². The van der Waals surface area contributed by atoms with Crippen molar-refractivity contribution in [3.8, 4) is 5.75 Å². The fourth-order valence-corrected chi connectivity index (χ4v) is 3.07. The zero-order valence-corrected chi connectivity index (χ0v) is 14.7. The van der Waals surface area contributed by atoms with Crippen LogP contribution in [-0.2, 0) is 4.79 Å². The summed E-state index contributed by atoms with van der Waals surface area (Å²) in [5.41, 5.74) is 0.586. The molecule has 0 unspecified atom stereocenters. The number of benzene rings is 1. The summed E-state index contributed by atoms with van der Waals surface area (Å²) < 4.78 is 5.27. The van der Waals surface area contributed by atoms with Crippen LogP contribution < -0.4 is 10.1 Å². The third-order valence-corrected chi connectivity index (χ3v) is 4.57. The molecule has 5 heteroatoms. The van der Waals surface area contributed by atoms with E-state index in [1.165, 1.54) is 0 Å². The fraction of sp³-hybridized carbons (Fsp3) is 0.579. The van der Waals surface area contributed by atoms with E-state index in [1.54, 1.807) is 19.2 Å². The van der Waals surface area contributed by atoms with Crippen molar-refractivity contribution in [1.82, 2.24) is 10.2 Å². The number of carbonyl (C=O) groups is 2. The summed E-state index contributed by atoms with van der Waals surface area (Å²) in [4.78, 5) is 26.6. The third kappa shape index (κ3) is 4.73. The number of rotatable bonds is 7. The van der Waals surface area contributed by atoms with Gasteiger partial charge in [-0.05, 0) is 31.4 Å². The molecule has 2 amide bonds. The SMILES string of the molecule is CCCCCNC(=O)C1CCN(C(=O)c2ccccc2OC)CC1. The number of carbonyl (C=O) groups excluding carboxylic acids is 2. The molecule has 1 heterocycles. The van der Waals surface area contributed by atoms with Crippen molar-refractivity contribution in [3.63, 3.8) is 0 Å². The number of piperidine rings is 1. The van der Waals surface area contributed by atoms with Gasteiger partial charge in [-0.2, -0.15) is 0 Å². The number of nitrogens with zero attached hydrogens (tertiary/aromatic N) is 1. The van der Waals surface area contributed by atoms with Gasteiger partial charge in [-0.25, -0.2) is 0 Å². The number of hydrogen-bond donors (Lipinski definition) is 1. The average Bonchev–Trinajstić information content (AvgIpc) is 2.64. The van der Waals surface area contributed by atoms with Crippen LogP contribution in [0.2, 0.25) is 0 Å². The molecule has 0 spiro atoms. The van der Waals surface area contributed by atoms with Crippen LogP contribution in [0.3, 0.4) is 0 Å². The molecular weight excluding hydrogens is 304 g/mol. The number of para-hydroxylation sites is 1. The lowest BCUT2D eigenvalue weighted by Gasteiger charge is -2.31. The molecule has 2 rings (SSSR count). The lowest BCUT2D eigenvalue weighted by Crippen LogP contribution is -2.43. The maximum Gasteiger partial charge on any atom is 0.257 e. The molecule has 1 fully saturated rings. The van der Waals surface area contributed by atoms with Crippen LogP contribution in [0.25, 0.3) is 0 Å². The smallest absolute Gasteiger partial charge is 0.257 e. The molecule has 0 atom stereocenters. The largest absolute Gasteiger partial charge is 0.496 e. The van der Waals surface area contributed by atoms with E-state index in [2.05, 4.69) is 12.2 Å². The number of amides is 2. The van der Waals surface area contributed by atoms with Crippen LogP contribution in [0.5, 0.6) is 5.75 Å². The van der Waals surface area contributed by atoms with Crippen molar-refractivity contribution in [3.05, 3.63) is 29.8 Å². The van der Waals surface area contributed by atoms with Gasteiger partial charge >= 0.3 is 0 Å². The molecule has 1 N–H and O–H groups in total. The number of nitrogens with one attached hydrogen (secondary N) is 1. The maximum atomic E-state index is 12.6. The molecule has 1 aromatic rings. The molecule has 0 aliphatic carbocycles. The minimum absolute atomic E-state index is 0.0192. The molecule has 1 aliphatic heterocycles. The van der Waals surface area contributed by atoms with E-state index in [-0.39, 0.29) is 17.7 Å². The molecule has 24 heavy (non-hydrogen) atoms. The Balaban J connectivity index is 1.84. The number of likely N-dealkylation sites (tertiary alicyclic amines) is 1. The summed E-state index contributed by atoms with van der Waals surface area (Å²) in [7, 11) is 1.57. The minimum Gasteiger partial charge on any atom is -0.496 e. The first-order chi connectivity index (χ1) is 11.7. The van der Waals surface area contributed by atoms with Gasteiger partial charge in [-0.1, -0.05) is 31.9 Å². The zero-order chi connectivity index (χ0) is 17.4. The molecular formula is C19H28N2O3. The molecule has 0 aromatic heterocycles. The van der Waals surface area contributed by atoms with Crippen molar-refractivity contribution in [2.75, 3.05) is 26.7 Å². The summed E-state index contributed by atoms with van der Waals surface area (Å²) in [6.07, 6.45) is 4.78. The minimum atomic E-state index is -0.0192. The highest BCUT2D eigenvalue weighted by Gasteiger charge is 2.28. The number of unbranched alkanes of at least 4 members (excludes halogenated alkanes) is 2. The van der Waals surface area contributed by atoms with Gasteiger partial charge in [0.1, 0.15) is 5.75 Å². The standard InChI is InChI=1S/C19H28N2O3/c1-3-4-7-12-20-18(22)15-10-13-21(14-11-15)19(23)16-8-5-6-9-17(16)24-2/h5-6,8-9,15H,3-4,7,10-14H2,1-2H3,(H,20,22). The summed E-state index contributed by atoms with van der Waals surface area (Å²) >= 11 is 0. The van der Waals surface area contributed by atoms with E-state index in [9.17, 15) is 9.59 Å². The first-order valence-corrected chi connectivity index (χ1v) is 8.87. The lowest BCUT2D eigenvalue weighted by atomic mass is 9.95. The van der Waals surface area contributed by atoms with E-state index < -0.39 is 0 Å². The highest BCUT2D eigenvalue weighted by Crippen LogP contribution is 2.23. The Labute approximate surface area is 144 Å². The molecule has 1 aliphatic rings. The van der Waals surface area contributed by atoms with E-state index in [0.717, 1.165) is 38.6 Å². The number of ether oxygens (including phenoxy) is 1. The predicted octanol–water partition coefficient (Wildman–Crippen LogP) is 2.85. The van der Waals surface area contributed by atoms with Gasteiger partial charge in [0.2, 0.25) is 5.91 Å². The normalized spacial score (nSPS) is 15.2. The molecule has 0 radical (unpaired) electrons. The van der Waals surface area contributed by atoms with Crippen molar-refractivity contribution in [2.24, 2.45) is 5.92 Å². The molecule has 132 valence electrons. The van der Waals surface area contributed by atoms with Crippen LogP contribution in [0.15, 0.2) is 24.3 Å². The van der Waals surface area contributed by atoms with Crippen molar-refractivity contribution >= 4 is 11.8 Å². The Morgan fingerprint density at radius 2 is 1.92 bits per heavy atom. The second-order valence-electron chi connectivity index (χ2n) is 6.26. The van der Waals surface area contributed by atoms with E-state index >= 15 is 0 Å². The van der Waals surface area contributed by atoms with E-state index in [1.807, 2.05) is 17.0 Å². The van der Waals surface area contributed by atoms with Gasteiger partial charge in [0, 0.05) is 25.6 Å². The Hall–Kier alpha value is -2.04. The van der Waals surface area contributed by atoms with Crippen LogP contribution in [0.4, 0.5) is 0 Å². The van der Waals surface area contributed by atoms with Crippen molar-refractivity contribution < 1.29 is 14.3 Å². The number of hydrogen-bond acceptors (Lipinski definition) is 3. The van der Waals surface area contributed by atoms with Gasteiger partial charge in [-0.15, -0.1) is 0 Å². The maximum absolute atomic E-state index is 12.6. The summed E-state index contributed by atoms with van der Waals surface area (Å²) in [6, 6.07) is 7.27. The molecule has 1 aromatic carbocycles. The first-order valence-electron chi connectivity index (χ1n) is 8.87. The fourth-order valence-electron chi connectivity index (χ4n) is 3.07. The van der Waals surface area contributed by atoms with Gasteiger partial charge in [0.25, 0.3) is 5.91 Å². The van der Waals surface area contributed by atoms with Gasteiger partial charge in [0.05, 0.1) is 12.7 Å². The average molecular weight is 332 g/mol. The highest BCUT2D eigenvalue weighted by molar-refractivity contribution is 5.97. The Bertz CT molecular complexity index is 551.